The number of carboxylic acids is 1. The second kappa shape index (κ2) is 39.6. The van der Waals surface area contributed by atoms with Gasteiger partial charge in [-0.1, -0.05) is 136 Å². The molecule has 0 heterocycles. The van der Waals surface area contributed by atoms with Crippen LogP contribution in [0.5, 0.6) is 0 Å². The van der Waals surface area contributed by atoms with Gasteiger partial charge in [0.1, 0.15) is 12.6 Å². The lowest BCUT2D eigenvalue weighted by Gasteiger charge is -2.20. The number of carboxylic acid groups (broad SMARTS) is 1. The van der Waals surface area contributed by atoms with Crippen molar-refractivity contribution >= 4 is 25.7 Å². The second-order valence-corrected chi connectivity index (χ2v) is 15.0. The maximum Gasteiger partial charge on any atom is 0.472 e. The fourth-order valence-electron chi connectivity index (χ4n) is 4.76. The van der Waals surface area contributed by atoms with E-state index in [0.717, 1.165) is 38.5 Å². The van der Waals surface area contributed by atoms with Crippen molar-refractivity contribution in [1.82, 2.24) is 0 Å². The van der Waals surface area contributed by atoms with Crippen molar-refractivity contribution in [2.75, 3.05) is 19.8 Å². The van der Waals surface area contributed by atoms with Crippen LogP contribution in [0.15, 0.2) is 109 Å². The highest BCUT2D eigenvalue weighted by atomic mass is 31.2. The average molecular weight is 846 g/mol. The van der Waals surface area contributed by atoms with Crippen LogP contribution in [-0.4, -0.2) is 71.1 Å². The Kier molecular flexibility index (Phi) is 36.9. The van der Waals surface area contributed by atoms with Gasteiger partial charge in [-0.25, -0.2) is 4.57 Å². The molecule has 0 radical (unpaired) electrons. The van der Waals surface area contributed by atoms with Crippen LogP contribution in [0.25, 0.3) is 0 Å². The van der Waals surface area contributed by atoms with Gasteiger partial charge in [0.25, 0.3) is 0 Å². The molecule has 5 N–H and O–H groups in total. The Hall–Kier alpha value is -3.90. The summed E-state index contributed by atoms with van der Waals surface area (Å²) in [5, 5.41) is 18.9. The van der Waals surface area contributed by atoms with E-state index in [4.69, 9.17) is 24.8 Å². The van der Waals surface area contributed by atoms with E-state index >= 15 is 0 Å². The van der Waals surface area contributed by atoms with Gasteiger partial charge in [-0.3, -0.25) is 23.4 Å². The third-order valence-corrected chi connectivity index (χ3v) is 9.04. The third-order valence-electron chi connectivity index (χ3n) is 8.09. The van der Waals surface area contributed by atoms with Crippen molar-refractivity contribution < 1.29 is 52.6 Å². The van der Waals surface area contributed by atoms with Gasteiger partial charge in [-0.15, -0.1) is 0 Å². The molecule has 13 heteroatoms. The number of hydrogen-bond donors (Lipinski definition) is 4. The van der Waals surface area contributed by atoms with E-state index in [1.165, 1.54) is 19.3 Å². The average Bonchev–Trinajstić information content (AvgIpc) is 3.21. The Bertz CT molecular complexity index is 1430. The minimum Gasteiger partial charge on any atom is -0.480 e. The Morgan fingerprint density at radius 1 is 0.627 bits per heavy atom. The summed E-state index contributed by atoms with van der Waals surface area (Å²) >= 11 is 0. The first kappa shape index (κ1) is 55.1. The fraction of sp³-hybridized carbons (Fsp3) is 0.543. The van der Waals surface area contributed by atoms with Crippen LogP contribution < -0.4 is 5.73 Å². The highest BCUT2D eigenvalue weighted by Crippen LogP contribution is 2.43. The topological polar surface area (TPSA) is 192 Å². The van der Waals surface area contributed by atoms with Gasteiger partial charge < -0.3 is 30.3 Å². The van der Waals surface area contributed by atoms with Crippen LogP contribution in [0.4, 0.5) is 0 Å². The van der Waals surface area contributed by atoms with E-state index in [-0.39, 0.29) is 12.8 Å². The van der Waals surface area contributed by atoms with Crippen molar-refractivity contribution in [3.63, 3.8) is 0 Å². The zero-order valence-corrected chi connectivity index (χ0v) is 36.3. The molecule has 332 valence electrons. The maximum absolute atomic E-state index is 12.6. The summed E-state index contributed by atoms with van der Waals surface area (Å²) in [5.41, 5.74) is 5.32. The number of aliphatic carboxylic acids is 1. The lowest BCUT2D eigenvalue weighted by molar-refractivity contribution is -0.161. The second-order valence-electron chi connectivity index (χ2n) is 13.6. The van der Waals surface area contributed by atoms with Crippen molar-refractivity contribution in [2.45, 2.75) is 141 Å². The molecule has 0 aromatic carbocycles. The molecule has 0 fully saturated rings. The monoisotopic (exact) mass is 845 g/mol. The molecule has 0 rings (SSSR count). The number of nitrogens with two attached hydrogens (primary N) is 1. The summed E-state index contributed by atoms with van der Waals surface area (Å²) < 4.78 is 32.5. The van der Waals surface area contributed by atoms with Gasteiger partial charge in [-0.2, -0.15) is 0 Å². The molecule has 0 spiro atoms. The van der Waals surface area contributed by atoms with Gasteiger partial charge in [0.05, 0.1) is 19.3 Å². The molecule has 0 aliphatic rings. The first-order valence-corrected chi connectivity index (χ1v) is 22.5. The molecule has 12 nitrogen and oxygen atoms in total. The highest BCUT2D eigenvalue weighted by Gasteiger charge is 2.28. The van der Waals surface area contributed by atoms with Crippen LogP contribution in [-0.2, 0) is 37.5 Å². The summed E-state index contributed by atoms with van der Waals surface area (Å²) in [6.45, 7) is 2.43. The zero-order chi connectivity index (χ0) is 43.7. The lowest BCUT2D eigenvalue weighted by Crippen LogP contribution is -2.34. The number of aliphatic hydroxyl groups excluding tert-OH is 1. The smallest absolute Gasteiger partial charge is 0.472 e. The summed E-state index contributed by atoms with van der Waals surface area (Å²) in [6.07, 6.45) is 47.6. The van der Waals surface area contributed by atoms with Crippen molar-refractivity contribution in [3.05, 3.63) is 109 Å². The largest absolute Gasteiger partial charge is 0.480 e. The molecule has 0 aromatic heterocycles. The van der Waals surface area contributed by atoms with Crippen molar-refractivity contribution in [1.29, 1.82) is 0 Å². The lowest BCUT2D eigenvalue weighted by atomic mass is 10.2. The van der Waals surface area contributed by atoms with Crippen LogP contribution in [0.3, 0.4) is 0 Å². The first-order valence-electron chi connectivity index (χ1n) is 21.0. The number of esters is 2. The van der Waals surface area contributed by atoms with Crippen LogP contribution in [0.1, 0.15) is 123 Å². The van der Waals surface area contributed by atoms with E-state index in [1.807, 2.05) is 48.6 Å². The summed E-state index contributed by atoms with van der Waals surface area (Å²) in [7, 11) is -4.77. The van der Waals surface area contributed by atoms with Gasteiger partial charge >= 0.3 is 25.7 Å². The number of rotatable bonds is 37. The number of phosphoric ester groups is 1. The minimum atomic E-state index is -4.77. The summed E-state index contributed by atoms with van der Waals surface area (Å²) in [6, 6.07) is -1.55. The van der Waals surface area contributed by atoms with Gasteiger partial charge in [0.15, 0.2) is 6.10 Å². The quantitative estimate of drug-likeness (QED) is 0.0152. The molecule has 4 atom stereocenters. The molecule has 0 saturated heterocycles. The van der Waals surface area contributed by atoms with Crippen LogP contribution >= 0.6 is 7.82 Å². The van der Waals surface area contributed by atoms with Gasteiger partial charge in [-0.05, 0) is 83.5 Å². The molecule has 59 heavy (non-hydrogen) atoms. The molecule has 1 unspecified atom stereocenters. The summed E-state index contributed by atoms with van der Waals surface area (Å²) in [5.74, 6) is -2.60. The Morgan fingerprint density at radius 2 is 1.14 bits per heavy atom. The number of allylic oxidation sites excluding steroid dienone is 16. The normalized spacial score (nSPS) is 15.3. The molecule has 0 saturated carbocycles. The highest BCUT2D eigenvalue weighted by molar-refractivity contribution is 7.47. The minimum absolute atomic E-state index is 0.0319. The first-order chi connectivity index (χ1) is 28.5. The van der Waals surface area contributed by atoms with E-state index in [2.05, 4.69) is 73.1 Å². The number of phosphoric acid groups is 1. The van der Waals surface area contributed by atoms with E-state index in [9.17, 15) is 28.9 Å². The third kappa shape index (κ3) is 39.3. The SMILES string of the molecule is CC/C=C\C/C=C\C/C=C\C/C=C\C/C=C\CCCC(=O)OC[C@H](COP(=O)(O)OC[C@H](N)C(=O)O)OC(=O)CCC/C=C/C/C=C\C[C@@H](O)/C=C\C=C/CCCCC. The predicted molar refractivity (Wildman–Crippen MR) is 236 cm³/mol. The molecule has 0 aliphatic heterocycles. The fourth-order valence-corrected chi connectivity index (χ4v) is 5.54. The van der Waals surface area contributed by atoms with Crippen LogP contribution in [0, 0.1) is 0 Å². The number of hydrogen-bond acceptors (Lipinski definition) is 10. The number of ether oxygens (including phenoxy) is 2. The standard InChI is InChI=1S/C46H72NO11P/c1-3-5-7-9-11-12-13-14-15-16-17-18-19-20-24-28-32-36-44(49)55-38-42(39-56-59(53,54)57-40-43(47)46(51)52)58-45(50)37-33-29-25-21-23-27-31-35-41(48)34-30-26-22-10-8-6-4-2/h5,7,11-12,14-15,17-18,20-22,24-27,30-31,34,41-43,48H,3-4,6,8-10,13,16,19,23,28-29,32-33,35-40,47H2,1-2H3,(H,51,52)(H,53,54)/b7-5-,12-11-,15-14-,18-17-,24-20-,25-21+,26-22-,31-27-,34-30-/t41-,42+,43-/m0/s1. The molecule has 0 amide bonds. The van der Waals surface area contributed by atoms with Crippen molar-refractivity contribution in [3.8, 4) is 0 Å². The zero-order valence-electron chi connectivity index (χ0n) is 35.4. The molecular formula is C46H72NO11P. The van der Waals surface area contributed by atoms with Crippen molar-refractivity contribution in [2.24, 2.45) is 5.73 Å². The number of unbranched alkanes of at least 4 members (excludes halogenated alkanes) is 5. The van der Waals surface area contributed by atoms with E-state index < -0.39 is 63.8 Å². The molecule has 0 bridgehead atoms. The molecule has 0 aliphatic carbocycles. The Morgan fingerprint density at radius 3 is 1.69 bits per heavy atom. The molecular weight excluding hydrogens is 773 g/mol. The van der Waals surface area contributed by atoms with Gasteiger partial charge in [0, 0.05) is 12.8 Å². The number of carbonyl (C=O) groups excluding carboxylic acids is 2. The summed E-state index contributed by atoms with van der Waals surface area (Å²) in [4.78, 5) is 45.9. The Labute approximate surface area is 353 Å². The Balaban J connectivity index is 4.66. The predicted octanol–water partition coefficient (Wildman–Crippen LogP) is 10.0. The molecule has 0 aromatic rings. The number of carbonyl (C=O) groups is 3. The van der Waals surface area contributed by atoms with E-state index in [1.54, 1.807) is 6.08 Å². The van der Waals surface area contributed by atoms with E-state index in [0.29, 0.717) is 38.5 Å². The maximum atomic E-state index is 12.6. The van der Waals surface area contributed by atoms with Gasteiger partial charge in [0.2, 0.25) is 0 Å². The number of aliphatic hydroxyl groups is 1. The van der Waals surface area contributed by atoms with Crippen LogP contribution in [0.2, 0.25) is 0 Å².